The molecule has 4 aliphatic carbocycles. The molecular weight excluding hydrogens is 392 g/mol. The fourth-order valence-corrected chi connectivity index (χ4v) is 7.36. The SMILES string of the molecule is Cc1ccc(C)n1-c1ccc(N=Cc2cc(C34CC5CC(CC(C5)C3)C4)ccc2O)cc1. The van der Waals surface area contributed by atoms with Crippen LogP contribution in [0.3, 0.4) is 0 Å². The predicted octanol–water partition coefficient (Wildman–Crippen LogP) is 7.02. The van der Waals surface area contributed by atoms with Crippen molar-refractivity contribution in [1.82, 2.24) is 4.57 Å². The van der Waals surface area contributed by atoms with E-state index in [1.807, 2.05) is 24.4 Å². The molecule has 0 amide bonds. The number of aromatic hydroxyl groups is 1. The first kappa shape index (κ1) is 19.8. The quantitative estimate of drug-likeness (QED) is 0.449. The lowest BCUT2D eigenvalue weighted by Crippen LogP contribution is -2.48. The summed E-state index contributed by atoms with van der Waals surface area (Å²) in [5, 5.41) is 10.5. The van der Waals surface area contributed by atoms with Crippen LogP contribution in [0.2, 0.25) is 0 Å². The third kappa shape index (κ3) is 3.30. The molecule has 164 valence electrons. The summed E-state index contributed by atoms with van der Waals surface area (Å²) < 4.78 is 2.24. The number of aryl methyl sites for hydroxylation is 2. The smallest absolute Gasteiger partial charge is 0.124 e. The van der Waals surface area contributed by atoms with Gasteiger partial charge in [0.05, 0.1) is 5.69 Å². The van der Waals surface area contributed by atoms with Crippen LogP contribution in [0.25, 0.3) is 5.69 Å². The van der Waals surface area contributed by atoms with E-state index < -0.39 is 0 Å². The average molecular weight is 425 g/mol. The number of rotatable bonds is 4. The zero-order valence-electron chi connectivity index (χ0n) is 19.1. The minimum Gasteiger partial charge on any atom is -0.507 e. The fraction of sp³-hybridized carbons (Fsp3) is 0.414. The number of phenols is 1. The minimum absolute atomic E-state index is 0.317. The van der Waals surface area contributed by atoms with Crippen molar-refractivity contribution in [3.8, 4) is 11.4 Å². The molecule has 0 atom stereocenters. The highest BCUT2D eigenvalue weighted by Gasteiger charge is 2.51. The molecule has 4 fully saturated rings. The standard InChI is InChI=1S/C29H32N2O/c1-19-3-4-20(2)31(19)27-8-6-26(7-9-27)30-18-24-14-25(5-10-28(24)32)29-15-21-11-22(16-29)13-23(12-21)17-29/h3-10,14,18,21-23,32H,11-13,15-17H2,1-2H3. The first-order valence-corrected chi connectivity index (χ1v) is 12.1. The predicted molar refractivity (Wildman–Crippen MR) is 130 cm³/mol. The Kier molecular flexibility index (Phi) is 4.57. The van der Waals surface area contributed by atoms with Gasteiger partial charge in [-0.2, -0.15) is 0 Å². The Morgan fingerprint density at radius 3 is 2.03 bits per heavy atom. The van der Waals surface area contributed by atoms with Gasteiger partial charge in [-0.15, -0.1) is 0 Å². The second kappa shape index (κ2) is 7.37. The highest BCUT2D eigenvalue weighted by molar-refractivity contribution is 5.85. The van der Waals surface area contributed by atoms with Gasteiger partial charge in [-0.1, -0.05) is 6.07 Å². The van der Waals surface area contributed by atoms with Crippen molar-refractivity contribution in [2.75, 3.05) is 0 Å². The van der Waals surface area contributed by atoms with Gasteiger partial charge < -0.3 is 9.67 Å². The number of hydrogen-bond acceptors (Lipinski definition) is 2. The van der Waals surface area contributed by atoms with Gasteiger partial charge >= 0.3 is 0 Å². The molecule has 4 aliphatic rings. The van der Waals surface area contributed by atoms with E-state index >= 15 is 0 Å². The van der Waals surface area contributed by atoms with Crippen molar-refractivity contribution in [1.29, 1.82) is 0 Å². The van der Waals surface area contributed by atoms with Crippen LogP contribution in [0.5, 0.6) is 5.75 Å². The van der Waals surface area contributed by atoms with E-state index in [2.05, 4.69) is 54.8 Å². The van der Waals surface area contributed by atoms with Crippen LogP contribution in [0, 0.1) is 31.6 Å². The Morgan fingerprint density at radius 1 is 0.844 bits per heavy atom. The van der Waals surface area contributed by atoms with Gasteiger partial charge in [-0.05, 0) is 130 Å². The van der Waals surface area contributed by atoms with Crippen molar-refractivity contribution < 1.29 is 5.11 Å². The van der Waals surface area contributed by atoms with Gasteiger partial charge in [-0.25, -0.2) is 0 Å². The topological polar surface area (TPSA) is 37.5 Å². The van der Waals surface area contributed by atoms with Crippen molar-refractivity contribution in [3.63, 3.8) is 0 Å². The van der Waals surface area contributed by atoms with Crippen molar-refractivity contribution in [3.05, 3.63) is 77.1 Å². The van der Waals surface area contributed by atoms with E-state index in [-0.39, 0.29) is 0 Å². The number of nitrogens with zero attached hydrogens (tertiary/aromatic N) is 2. The molecule has 32 heavy (non-hydrogen) atoms. The molecule has 3 nitrogen and oxygen atoms in total. The summed E-state index contributed by atoms with van der Waals surface area (Å²) in [6.45, 7) is 4.25. The van der Waals surface area contributed by atoms with E-state index in [0.717, 1.165) is 34.7 Å². The molecule has 3 aromatic rings. The molecule has 3 heteroatoms. The minimum atomic E-state index is 0.317. The van der Waals surface area contributed by atoms with Gasteiger partial charge in [0, 0.05) is 28.9 Å². The lowest BCUT2D eigenvalue weighted by Gasteiger charge is -2.57. The lowest BCUT2D eigenvalue weighted by molar-refractivity contribution is -0.00520. The highest BCUT2D eigenvalue weighted by atomic mass is 16.3. The summed E-state index contributed by atoms with van der Waals surface area (Å²) in [5.74, 6) is 3.06. The number of aromatic nitrogens is 1. The molecule has 1 heterocycles. The second-order valence-corrected chi connectivity index (χ2v) is 10.7. The summed E-state index contributed by atoms with van der Waals surface area (Å²) in [5.41, 5.74) is 7.09. The normalized spacial score (nSPS) is 28.6. The van der Waals surface area contributed by atoms with Crippen LogP contribution < -0.4 is 0 Å². The molecule has 1 aromatic heterocycles. The van der Waals surface area contributed by atoms with E-state index in [1.165, 1.54) is 55.5 Å². The Balaban J connectivity index is 1.26. The summed E-state index contributed by atoms with van der Waals surface area (Å²) in [4.78, 5) is 4.70. The Labute approximate surface area is 190 Å². The van der Waals surface area contributed by atoms with Crippen molar-refractivity contribution in [2.45, 2.75) is 57.8 Å². The number of phenolic OH excluding ortho intramolecular Hbond substituents is 1. The first-order chi connectivity index (χ1) is 15.5. The maximum absolute atomic E-state index is 10.5. The number of benzene rings is 2. The monoisotopic (exact) mass is 424 g/mol. The summed E-state index contributed by atoms with van der Waals surface area (Å²) in [6, 6.07) is 18.9. The van der Waals surface area contributed by atoms with Crippen LogP contribution >= 0.6 is 0 Å². The van der Waals surface area contributed by atoms with Gasteiger partial charge in [0.25, 0.3) is 0 Å². The van der Waals surface area contributed by atoms with E-state index in [9.17, 15) is 5.11 Å². The van der Waals surface area contributed by atoms with Gasteiger partial charge in [0.2, 0.25) is 0 Å². The Hall–Kier alpha value is -2.81. The molecule has 0 saturated heterocycles. The Bertz CT molecular complexity index is 1130. The van der Waals surface area contributed by atoms with Crippen LogP contribution in [0.1, 0.15) is 61.0 Å². The van der Waals surface area contributed by atoms with Crippen LogP contribution in [0.15, 0.2) is 59.6 Å². The average Bonchev–Trinajstić information content (AvgIpc) is 3.10. The number of hydrogen-bond donors (Lipinski definition) is 1. The summed E-state index contributed by atoms with van der Waals surface area (Å²) in [6.07, 6.45) is 10.2. The van der Waals surface area contributed by atoms with Crippen molar-refractivity contribution >= 4 is 11.9 Å². The van der Waals surface area contributed by atoms with Crippen LogP contribution in [0.4, 0.5) is 5.69 Å². The van der Waals surface area contributed by atoms with Crippen LogP contribution in [-0.2, 0) is 5.41 Å². The van der Waals surface area contributed by atoms with Gasteiger partial charge in [0.15, 0.2) is 0 Å². The first-order valence-electron chi connectivity index (χ1n) is 12.1. The molecule has 0 aliphatic heterocycles. The molecule has 0 spiro atoms. The Morgan fingerprint density at radius 2 is 1.44 bits per heavy atom. The zero-order chi connectivity index (χ0) is 21.9. The molecule has 1 N–H and O–H groups in total. The molecule has 4 bridgehead atoms. The molecule has 0 unspecified atom stereocenters. The molecule has 0 radical (unpaired) electrons. The maximum Gasteiger partial charge on any atom is 0.124 e. The van der Waals surface area contributed by atoms with Crippen LogP contribution in [-0.4, -0.2) is 15.9 Å². The van der Waals surface area contributed by atoms with E-state index in [4.69, 9.17) is 4.99 Å². The van der Waals surface area contributed by atoms with E-state index in [0.29, 0.717) is 11.2 Å². The van der Waals surface area contributed by atoms with Crippen molar-refractivity contribution in [2.24, 2.45) is 22.7 Å². The fourth-order valence-electron chi connectivity index (χ4n) is 7.36. The largest absolute Gasteiger partial charge is 0.507 e. The van der Waals surface area contributed by atoms with Gasteiger partial charge in [0.1, 0.15) is 5.75 Å². The third-order valence-electron chi connectivity index (χ3n) is 8.41. The zero-order valence-corrected chi connectivity index (χ0v) is 19.1. The molecular formula is C29H32N2O. The summed E-state index contributed by atoms with van der Waals surface area (Å²) in [7, 11) is 0. The molecule has 7 rings (SSSR count). The van der Waals surface area contributed by atoms with E-state index in [1.54, 1.807) is 0 Å². The second-order valence-electron chi connectivity index (χ2n) is 10.7. The summed E-state index contributed by atoms with van der Waals surface area (Å²) >= 11 is 0. The highest BCUT2D eigenvalue weighted by Crippen LogP contribution is 2.60. The molecule has 2 aromatic carbocycles. The number of aliphatic imine (C=N–C) groups is 1. The third-order valence-corrected chi connectivity index (χ3v) is 8.41. The van der Waals surface area contributed by atoms with Gasteiger partial charge in [-0.3, -0.25) is 4.99 Å². The molecule has 4 saturated carbocycles. The maximum atomic E-state index is 10.5. The lowest BCUT2D eigenvalue weighted by atomic mass is 9.48.